The summed E-state index contributed by atoms with van der Waals surface area (Å²) in [5.41, 5.74) is 6.90. The lowest BCUT2D eigenvalue weighted by molar-refractivity contribution is 0.0929. The molecule has 0 saturated heterocycles. The molecule has 2 aromatic carbocycles. The molecule has 0 atom stereocenters. The predicted molar refractivity (Wildman–Crippen MR) is 123 cm³/mol. The van der Waals surface area contributed by atoms with E-state index in [1.165, 1.54) is 0 Å². The molecule has 0 bridgehead atoms. The van der Waals surface area contributed by atoms with Crippen LogP contribution in [-0.4, -0.2) is 23.3 Å². The Morgan fingerprint density at radius 1 is 1.19 bits per heavy atom. The number of hydrazone groups is 1. The van der Waals surface area contributed by atoms with Crippen molar-refractivity contribution in [1.29, 1.82) is 0 Å². The molecule has 6 nitrogen and oxygen atoms in total. The summed E-state index contributed by atoms with van der Waals surface area (Å²) in [5.74, 6) is 0.488. The number of amides is 1. The highest BCUT2D eigenvalue weighted by Crippen LogP contribution is 2.26. The molecule has 0 spiro atoms. The third-order valence-electron chi connectivity index (χ3n) is 4.96. The Labute approximate surface area is 185 Å². The van der Waals surface area contributed by atoms with Crippen molar-refractivity contribution in [2.45, 2.75) is 20.8 Å². The van der Waals surface area contributed by atoms with E-state index < -0.39 is 5.91 Å². The lowest BCUT2D eigenvalue weighted by Crippen LogP contribution is -2.16. The van der Waals surface area contributed by atoms with Gasteiger partial charge in [0.1, 0.15) is 11.3 Å². The molecular weight excluding hydrogens is 414 g/mol. The van der Waals surface area contributed by atoms with Crippen molar-refractivity contribution in [1.82, 2.24) is 9.99 Å². The van der Waals surface area contributed by atoms with Crippen LogP contribution in [0.5, 0.6) is 5.75 Å². The van der Waals surface area contributed by atoms with Crippen molar-refractivity contribution in [2.24, 2.45) is 5.10 Å². The molecule has 0 aliphatic heterocycles. The Kier molecular flexibility index (Phi) is 5.82. The van der Waals surface area contributed by atoms with E-state index in [1.807, 2.05) is 63.2 Å². The number of rotatable bonds is 6. The van der Waals surface area contributed by atoms with E-state index in [0.717, 1.165) is 33.8 Å². The van der Waals surface area contributed by atoms with Gasteiger partial charge in [0.2, 0.25) is 0 Å². The first-order valence-electron chi connectivity index (χ1n) is 9.91. The van der Waals surface area contributed by atoms with Gasteiger partial charge in [-0.15, -0.1) is 0 Å². The molecule has 0 radical (unpaired) electrons. The summed E-state index contributed by atoms with van der Waals surface area (Å²) in [6, 6.07) is 16.8. The fourth-order valence-electron chi connectivity index (χ4n) is 3.53. The molecule has 158 valence electrons. The summed E-state index contributed by atoms with van der Waals surface area (Å²) in [7, 11) is 0. The van der Waals surface area contributed by atoms with Crippen LogP contribution in [-0.2, 0) is 0 Å². The molecule has 7 heteroatoms. The van der Waals surface area contributed by atoms with E-state index in [9.17, 15) is 4.79 Å². The van der Waals surface area contributed by atoms with Crippen LogP contribution >= 0.6 is 11.6 Å². The first-order chi connectivity index (χ1) is 15.0. The van der Waals surface area contributed by atoms with E-state index >= 15 is 0 Å². The molecule has 1 amide bonds. The minimum atomic E-state index is -0.426. The van der Waals surface area contributed by atoms with Gasteiger partial charge in [0.15, 0.2) is 5.76 Å². The molecule has 4 aromatic rings. The number of halogens is 1. The number of aryl methyl sites for hydroxylation is 1. The normalized spacial score (nSPS) is 11.4. The molecule has 31 heavy (non-hydrogen) atoms. The largest absolute Gasteiger partial charge is 0.494 e. The van der Waals surface area contributed by atoms with E-state index in [0.29, 0.717) is 17.2 Å². The zero-order chi connectivity index (χ0) is 22.0. The predicted octanol–water partition coefficient (Wildman–Crippen LogP) is 5.66. The van der Waals surface area contributed by atoms with Gasteiger partial charge in [0.25, 0.3) is 0 Å². The van der Waals surface area contributed by atoms with Gasteiger partial charge in [-0.2, -0.15) is 5.10 Å². The topological polar surface area (TPSA) is 68.8 Å². The molecule has 0 aliphatic rings. The Balaban J connectivity index is 1.51. The van der Waals surface area contributed by atoms with Crippen LogP contribution in [0.15, 0.2) is 64.1 Å². The van der Waals surface area contributed by atoms with Crippen molar-refractivity contribution < 1.29 is 13.9 Å². The third-order valence-corrected chi connectivity index (χ3v) is 5.28. The number of furan rings is 1. The maximum Gasteiger partial charge on any atom is 0.307 e. The lowest BCUT2D eigenvalue weighted by atomic mass is 10.2. The minimum absolute atomic E-state index is 0.183. The molecular formula is C24H22ClN3O3. The van der Waals surface area contributed by atoms with Crippen LogP contribution in [0.1, 0.15) is 34.4 Å². The summed E-state index contributed by atoms with van der Waals surface area (Å²) >= 11 is 6.36. The summed E-state index contributed by atoms with van der Waals surface area (Å²) in [6.45, 7) is 6.47. The number of benzene rings is 2. The second-order valence-electron chi connectivity index (χ2n) is 7.06. The zero-order valence-electron chi connectivity index (χ0n) is 17.5. The number of nitrogens with zero attached hydrogens (tertiary/aromatic N) is 2. The van der Waals surface area contributed by atoms with Gasteiger partial charge >= 0.3 is 5.91 Å². The number of hydrogen-bond acceptors (Lipinski definition) is 4. The molecule has 0 fully saturated rings. The van der Waals surface area contributed by atoms with Crippen molar-refractivity contribution in [2.75, 3.05) is 6.61 Å². The second kappa shape index (κ2) is 8.70. The first kappa shape index (κ1) is 20.8. The summed E-state index contributed by atoms with van der Waals surface area (Å²) in [6.07, 6.45) is 1.61. The number of carbonyl (C=O) groups is 1. The van der Waals surface area contributed by atoms with Crippen LogP contribution in [0.2, 0.25) is 5.02 Å². The standard InChI is InChI=1S/C24H22ClN3O3/c1-4-30-19-9-10-22-17(12-19)13-23(31-22)24(29)27-26-14-18-11-15(2)28(16(18)3)21-8-6-5-7-20(21)25/h5-14H,4H2,1-3H3,(H,27,29)/b26-14+. The Morgan fingerprint density at radius 3 is 2.77 bits per heavy atom. The van der Waals surface area contributed by atoms with Crippen LogP contribution in [0.3, 0.4) is 0 Å². The smallest absolute Gasteiger partial charge is 0.307 e. The highest BCUT2D eigenvalue weighted by atomic mass is 35.5. The number of fused-ring (bicyclic) bond motifs is 1. The van der Waals surface area contributed by atoms with Crippen LogP contribution in [0, 0.1) is 13.8 Å². The fourth-order valence-corrected chi connectivity index (χ4v) is 3.75. The van der Waals surface area contributed by atoms with E-state index in [-0.39, 0.29) is 5.76 Å². The maximum atomic E-state index is 12.5. The maximum absolute atomic E-state index is 12.5. The zero-order valence-corrected chi connectivity index (χ0v) is 18.2. The Morgan fingerprint density at radius 2 is 2.00 bits per heavy atom. The number of aromatic nitrogens is 1. The van der Waals surface area contributed by atoms with E-state index in [2.05, 4.69) is 15.1 Å². The Hall–Kier alpha value is -3.51. The molecule has 1 N–H and O–H groups in total. The van der Waals surface area contributed by atoms with Gasteiger partial charge in [-0.05, 0) is 63.2 Å². The summed E-state index contributed by atoms with van der Waals surface area (Å²) in [4.78, 5) is 12.5. The second-order valence-corrected chi connectivity index (χ2v) is 7.46. The highest BCUT2D eigenvalue weighted by Gasteiger charge is 2.14. The van der Waals surface area contributed by atoms with E-state index in [4.69, 9.17) is 20.8 Å². The molecule has 0 aliphatic carbocycles. The number of nitrogens with one attached hydrogen (secondary N) is 1. The third kappa shape index (κ3) is 4.20. The van der Waals surface area contributed by atoms with Crippen LogP contribution in [0.25, 0.3) is 16.7 Å². The molecule has 0 unspecified atom stereocenters. The average Bonchev–Trinajstić information content (AvgIpc) is 3.29. The number of para-hydroxylation sites is 1. The average molecular weight is 436 g/mol. The van der Waals surface area contributed by atoms with Crippen molar-refractivity contribution in [3.8, 4) is 11.4 Å². The van der Waals surface area contributed by atoms with Gasteiger partial charge in [-0.3, -0.25) is 4.79 Å². The first-order valence-corrected chi connectivity index (χ1v) is 10.3. The molecule has 4 rings (SSSR count). The SMILES string of the molecule is CCOc1ccc2oc(C(=O)N/N=C/c3cc(C)n(-c4ccccc4Cl)c3C)cc2c1. The number of carbonyl (C=O) groups excluding carboxylic acids is 1. The monoisotopic (exact) mass is 435 g/mol. The minimum Gasteiger partial charge on any atom is -0.494 e. The van der Waals surface area contributed by atoms with Gasteiger partial charge in [-0.25, -0.2) is 5.43 Å². The summed E-state index contributed by atoms with van der Waals surface area (Å²) in [5, 5.41) is 5.57. The van der Waals surface area contributed by atoms with Gasteiger partial charge < -0.3 is 13.7 Å². The van der Waals surface area contributed by atoms with Crippen LogP contribution < -0.4 is 10.2 Å². The highest BCUT2D eigenvalue weighted by molar-refractivity contribution is 6.32. The fraction of sp³-hybridized carbons (Fsp3) is 0.167. The van der Waals surface area contributed by atoms with Gasteiger partial charge in [-0.1, -0.05) is 23.7 Å². The lowest BCUT2D eigenvalue weighted by Gasteiger charge is -2.11. The Bertz CT molecular complexity index is 1290. The summed E-state index contributed by atoms with van der Waals surface area (Å²) < 4.78 is 13.2. The van der Waals surface area contributed by atoms with Crippen LogP contribution in [0.4, 0.5) is 0 Å². The number of hydrogen-bond donors (Lipinski definition) is 1. The van der Waals surface area contributed by atoms with Crippen molar-refractivity contribution >= 4 is 34.7 Å². The van der Waals surface area contributed by atoms with E-state index in [1.54, 1.807) is 18.3 Å². The molecule has 2 aromatic heterocycles. The van der Waals surface area contributed by atoms with Gasteiger partial charge in [0, 0.05) is 22.3 Å². The van der Waals surface area contributed by atoms with Crippen molar-refractivity contribution in [3.63, 3.8) is 0 Å². The molecule has 2 heterocycles. The van der Waals surface area contributed by atoms with Crippen molar-refractivity contribution in [3.05, 3.63) is 82.3 Å². The van der Waals surface area contributed by atoms with Gasteiger partial charge in [0.05, 0.1) is 23.5 Å². The number of ether oxygens (including phenoxy) is 1. The molecule has 0 saturated carbocycles. The quantitative estimate of drug-likeness (QED) is 0.314.